The molecule has 96 valence electrons. The van der Waals surface area contributed by atoms with Gasteiger partial charge in [-0.3, -0.25) is 0 Å². The van der Waals surface area contributed by atoms with Crippen LogP contribution >= 0.6 is 0 Å². The maximum atomic E-state index is 9.68. The molecule has 0 spiro atoms. The second kappa shape index (κ2) is 5.78. The molecule has 2 rings (SSSR count). The Labute approximate surface area is 111 Å². The van der Waals surface area contributed by atoms with Crippen LogP contribution in [0.25, 0.3) is 0 Å². The number of phenolic OH excluding ortho intramolecular Hbond substituents is 1. The van der Waals surface area contributed by atoms with Crippen LogP contribution in [0.4, 0.5) is 5.69 Å². The second-order valence-electron chi connectivity index (χ2n) is 4.02. The van der Waals surface area contributed by atoms with Gasteiger partial charge < -0.3 is 15.2 Å². The Morgan fingerprint density at radius 1 is 1.26 bits per heavy atom. The summed E-state index contributed by atoms with van der Waals surface area (Å²) in [4.78, 5) is 0. The highest BCUT2D eigenvalue weighted by Gasteiger charge is 2.04. The van der Waals surface area contributed by atoms with Crippen LogP contribution < -0.4 is 10.1 Å². The summed E-state index contributed by atoms with van der Waals surface area (Å²) in [5.74, 6) is 0.552. The molecule has 0 fully saturated rings. The topological polar surface area (TPSA) is 65.3 Å². The van der Waals surface area contributed by atoms with Crippen LogP contribution in [-0.2, 0) is 6.54 Å². The summed E-state index contributed by atoms with van der Waals surface area (Å²) in [5, 5.41) is 21.8. The molecule has 0 atom stereocenters. The zero-order valence-electron chi connectivity index (χ0n) is 10.6. The average molecular weight is 254 g/mol. The van der Waals surface area contributed by atoms with E-state index < -0.39 is 0 Å². The van der Waals surface area contributed by atoms with E-state index in [1.165, 1.54) is 7.11 Å². The lowest BCUT2D eigenvalue weighted by molar-refractivity contribution is 0.373. The Morgan fingerprint density at radius 2 is 2.05 bits per heavy atom. The summed E-state index contributed by atoms with van der Waals surface area (Å²) in [6.45, 7) is 0.524. The third kappa shape index (κ3) is 2.96. The van der Waals surface area contributed by atoms with Gasteiger partial charge in [0.1, 0.15) is 6.07 Å². The van der Waals surface area contributed by atoms with Crippen LogP contribution in [0.2, 0.25) is 0 Å². The third-order valence-electron chi connectivity index (χ3n) is 2.77. The predicted octanol–water partition coefficient (Wildman–Crippen LogP) is 2.88. The minimum absolute atomic E-state index is 0.107. The van der Waals surface area contributed by atoms with Crippen molar-refractivity contribution in [3.63, 3.8) is 0 Å². The number of nitrogens with zero attached hydrogens (tertiary/aromatic N) is 1. The number of hydrogen-bond acceptors (Lipinski definition) is 4. The summed E-state index contributed by atoms with van der Waals surface area (Å²) in [6.07, 6.45) is 0. The van der Waals surface area contributed by atoms with Gasteiger partial charge in [0.15, 0.2) is 11.5 Å². The molecule has 2 aromatic rings. The lowest BCUT2D eigenvalue weighted by Crippen LogP contribution is -2.01. The molecule has 0 aromatic heterocycles. The summed E-state index contributed by atoms with van der Waals surface area (Å²) in [6, 6.07) is 14.6. The summed E-state index contributed by atoms with van der Waals surface area (Å²) < 4.78 is 4.99. The number of nitrogens with one attached hydrogen (secondary N) is 1. The maximum Gasteiger partial charge on any atom is 0.160 e. The lowest BCUT2D eigenvalue weighted by atomic mass is 10.1. The molecular weight excluding hydrogens is 240 g/mol. The molecule has 0 amide bonds. The van der Waals surface area contributed by atoms with Crippen molar-refractivity contribution in [3.05, 3.63) is 53.6 Å². The van der Waals surface area contributed by atoms with Gasteiger partial charge in [0.25, 0.3) is 0 Å². The van der Waals surface area contributed by atoms with Gasteiger partial charge in [-0.25, -0.2) is 0 Å². The summed E-state index contributed by atoms with van der Waals surface area (Å²) in [5.41, 5.74) is 2.28. The van der Waals surface area contributed by atoms with Crippen molar-refractivity contribution in [1.82, 2.24) is 0 Å². The van der Waals surface area contributed by atoms with Crippen LogP contribution in [0.5, 0.6) is 11.5 Å². The quantitative estimate of drug-likeness (QED) is 0.880. The monoisotopic (exact) mass is 254 g/mol. The van der Waals surface area contributed by atoms with E-state index in [-0.39, 0.29) is 5.75 Å². The summed E-state index contributed by atoms with van der Waals surface area (Å²) >= 11 is 0. The van der Waals surface area contributed by atoms with E-state index in [0.717, 1.165) is 11.3 Å². The van der Waals surface area contributed by atoms with Gasteiger partial charge in [-0.2, -0.15) is 5.26 Å². The van der Waals surface area contributed by atoms with Gasteiger partial charge in [-0.05, 0) is 29.8 Å². The first kappa shape index (κ1) is 12.8. The molecule has 19 heavy (non-hydrogen) atoms. The van der Waals surface area contributed by atoms with E-state index >= 15 is 0 Å². The Bertz CT molecular complexity index is 618. The minimum Gasteiger partial charge on any atom is -0.504 e. The lowest BCUT2D eigenvalue weighted by Gasteiger charge is -2.09. The Morgan fingerprint density at radius 3 is 2.74 bits per heavy atom. The maximum absolute atomic E-state index is 9.68. The Kier molecular flexibility index (Phi) is 3.89. The molecule has 2 N–H and O–H groups in total. The SMILES string of the molecule is COc1ccc(CNc2ccccc2C#N)cc1O. The van der Waals surface area contributed by atoms with Crippen LogP contribution in [-0.4, -0.2) is 12.2 Å². The van der Waals surface area contributed by atoms with E-state index in [4.69, 9.17) is 10.00 Å². The highest BCUT2D eigenvalue weighted by Crippen LogP contribution is 2.26. The highest BCUT2D eigenvalue weighted by molar-refractivity contribution is 5.57. The molecule has 0 radical (unpaired) electrons. The molecule has 4 heteroatoms. The molecule has 4 nitrogen and oxygen atoms in total. The first-order valence-electron chi connectivity index (χ1n) is 5.83. The first-order chi connectivity index (χ1) is 9.24. The second-order valence-corrected chi connectivity index (χ2v) is 4.02. The fraction of sp³-hybridized carbons (Fsp3) is 0.133. The fourth-order valence-corrected chi connectivity index (χ4v) is 1.78. The highest BCUT2D eigenvalue weighted by atomic mass is 16.5. The van der Waals surface area contributed by atoms with Gasteiger partial charge in [0, 0.05) is 6.54 Å². The van der Waals surface area contributed by atoms with Crippen molar-refractivity contribution < 1.29 is 9.84 Å². The smallest absolute Gasteiger partial charge is 0.160 e. The van der Waals surface area contributed by atoms with Crippen molar-refractivity contribution in [1.29, 1.82) is 5.26 Å². The predicted molar refractivity (Wildman–Crippen MR) is 73.1 cm³/mol. The largest absolute Gasteiger partial charge is 0.504 e. The number of hydrogen-bond donors (Lipinski definition) is 2. The third-order valence-corrected chi connectivity index (χ3v) is 2.77. The number of nitriles is 1. The Hall–Kier alpha value is -2.67. The van der Waals surface area contributed by atoms with Gasteiger partial charge >= 0.3 is 0 Å². The fourth-order valence-electron chi connectivity index (χ4n) is 1.78. The van der Waals surface area contributed by atoms with Crippen molar-refractivity contribution in [3.8, 4) is 17.6 Å². The van der Waals surface area contributed by atoms with Crippen molar-refractivity contribution in [2.45, 2.75) is 6.54 Å². The van der Waals surface area contributed by atoms with E-state index in [9.17, 15) is 5.11 Å². The molecule has 0 saturated heterocycles. The zero-order chi connectivity index (χ0) is 13.7. The molecule has 0 bridgehead atoms. The van der Waals surface area contributed by atoms with Crippen LogP contribution in [0.15, 0.2) is 42.5 Å². The van der Waals surface area contributed by atoms with Crippen LogP contribution in [0.1, 0.15) is 11.1 Å². The van der Waals surface area contributed by atoms with Crippen molar-refractivity contribution in [2.75, 3.05) is 12.4 Å². The zero-order valence-corrected chi connectivity index (χ0v) is 10.6. The van der Waals surface area contributed by atoms with Crippen molar-refractivity contribution in [2.24, 2.45) is 0 Å². The van der Waals surface area contributed by atoms with Crippen LogP contribution in [0, 0.1) is 11.3 Å². The molecule has 0 aliphatic carbocycles. The van der Waals surface area contributed by atoms with E-state index in [1.54, 1.807) is 18.2 Å². The van der Waals surface area contributed by atoms with E-state index in [2.05, 4.69) is 11.4 Å². The number of rotatable bonds is 4. The number of aromatic hydroxyl groups is 1. The van der Waals surface area contributed by atoms with Gasteiger partial charge in [-0.1, -0.05) is 18.2 Å². The number of methoxy groups -OCH3 is 1. The van der Waals surface area contributed by atoms with Gasteiger partial charge in [-0.15, -0.1) is 0 Å². The number of para-hydroxylation sites is 1. The number of benzene rings is 2. The summed E-state index contributed by atoms with van der Waals surface area (Å²) in [7, 11) is 1.51. The molecule has 0 heterocycles. The molecule has 0 aliphatic heterocycles. The Balaban J connectivity index is 2.11. The molecule has 0 saturated carbocycles. The van der Waals surface area contributed by atoms with Gasteiger partial charge in [0.2, 0.25) is 0 Å². The molecule has 2 aromatic carbocycles. The number of ether oxygens (including phenoxy) is 1. The molecule has 0 aliphatic rings. The van der Waals surface area contributed by atoms with Gasteiger partial charge in [0.05, 0.1) is 18.4 Å². The van der Waals surface area contributed by atoms with Crippen LogP contribution in [0.3, 0.4) is 0 Å². The minimum atomic E-state index is 0.107. The van der Waals surface area contributed by atoms with E-state index in [0.29, 0.717) is 17.9 Å². The number of anilines is 1. The number of phenols is 1. The first-order valence-corrected chi connectivity index (χ1v) is 5.83. The standard InChI is InChI=1S/C15H14N2O2/c1-19-15-7-6-11(8-14(15)18)10-17-13-5-3-2-4-12(13)9-16/h2-8,17-18H,10H2,1H3. The normalized spacial score (nSPS) is 9.68. The molecule has 0 unspecified atom stereocenters. The average Bonchev–Trinajstić information content (AvgIpc) is 2.45. The van der Waals surface area contributed by atoms with E-state index in [1.807, 2.05) is 24.3 Å². The molecular formula is C15H14N2O2. The van der Waals surface area contributed by atoms with Crippen molar-refractivity contribution >= 4 is 5.69 Å².